The van der Waals surface area contributed by atoms with E-state index in [1.807, 2.05) is 24.3 Å². The van der Waals surface area contributed by atoms with Crippen LogP contribution in [0.5, 0.6) is 0 Å². The van der Waals surface area contributed by atoms with Gasteiger partial charge in [-0.2, -0.15) is 0 Å². The summed E-state index contributed by atoms with van der Waals surface area (Å²) in [4.78, 5) is 11.2. The van der Waals surface area contributed by atoms with Crippen molar-refractivity contribution in [2.75, 3.05) is 19.5 Å². The Morgan fingerprint density at radius 2 is 2.08 bits per heavy atom. The lowest BCUT2D eigenvalue weighted by Crippen LogP contribution is -2.39. The Hall–Kier alpha value is -1.54. The number of methoxy groups -OCH3 is 2. The lowest BCUT2D eigenvalue weighted by molar-refractivity contribution is -0.211. The van der Waals surface area contributed by atoms with E-state index in [9.17, 15) is 0 Å². The average Bonchev–Trinajstić information content (AvgIpc) is 2.99. The largest absolute Gasteiger partial charge is 0.353 e. The summed E-state index contributed by atoms with van der Waals surface area (Å²) < 4.78 is 12.3. The Balaban J connectivity index is 1.77. The van der Waals surface area contributed by atoms with Crippen molar-refractivity contribution in [1.29, 1.82) is 0 Å². The van der Waals surface area contributed by atoms with Gasteiger partial charge < -0.3 is 14.8 Å². The zero-order valence-corrected chi connectivity index (χ0v) is 16.4. The molecule has 130 valence electrons. The minimum atomic E-state index is -0.529. The van der Waals surface area contributed by atoms with Crippen molar-refractivity contribution >= 4 is 49.0 Å². The van der Waals surface area contributed by atoms with E-state index < -0.39 is 5.79 Å². The Labute approximate surface area is 158 Å². The second kappa shape index (κ2) is 6.64. The first-order valence-corrected chi connectivity index (χ1v) is 9.63. The molecular weight excluding hydrogens is 402 g/mol. The van der Waals surface area contributed by atoms with Crippen LogP contribution >= 0.6 is 27.3 Å². The van der Waals surface area contributed by atoms with E-state index in [1.54, 1.807) is 31.9 Å². The maximum atomic E-state index is 5.65. The highest BCUT2D eigenvalue weighted by atomic mass is 79.9. The molecule has 0 aliphatic heterocycles. The fourth-order valence-corrected chi connectivity index (χ4v) is 5.00. The minimum absolute atomic E-state index is 0.529. The second-order valence-electron chi connectivity index (χ2n) is 6.04. The highest BCUT2D eigenvalue weighted by Crippen LogP contribution is 2.42. The number of aryl methyl sites for hydroxylation is 1. The van der Waals surface area contributed by atoms with Gasteiger partial charge in [-0.15, -0.1) is 11.3 Å². The SMILES string of the molecule is COC1(OC)CCc2c(sc3ncnc(Nc4cccc(Br)c4)c23)C1. The monoisotopic (exact) mass is 419 g/mol. The number of ether oxygens (including phenoxy) is 2. The first kappa shape index (κ1) is 16.9. The van der Waals surface area contributed by atoms with Crippen molar-refractivity contribution in [1.82, 2.24) is 9.97 Å². The van der Waals surface area contributed by atoms with Gasteiger partial charge >= 0.3 is 0 Å². The second-order valence-corrected chi connectivity index (χ2v) is 8.04. The van der Waals surface area contributed by atoms with E-state index in [1.165, 1.54) is 10.4 Å². The van der Waals surface area contributed by atoms with Crippen LogP contribution in [0.3, 0.4) is 0 Å². The van der Waals surface area contributed by atoms with Crippen molar-refractivity contribution in [2.24, 2.45) is 0 Å². The van der Waals surface area contributed by atoms with Crippen molar-refractivity contribution < 1.29 is 9.47 Å². The summed E-state index contributed by atoms with van der Waals surface area (Å²) in [7, 11) is 3.42. The van der Waals surface area contributed by atoms with Crippen LogP contribution in [-0.2, 0) is 22.3 Å². The van der Waals surface area contributed by atoms with E-state index >= 15 is 0 Å². The van der Waals surface area contributed by atoms with Crippen molar-refractivity contribution in [3.63, 3.8) is 0 Å². The number of fused-ring (bicyclic) bond motifs is 3. The predicted molar refractivity (Wildman–Crippen MR) is 104 cm³/mol. The van der Waals surface area contributed by atoms with Crippen LogP contribution in [0.2, 0.25) is 0 Å². The van der Waals surface area contributed by atoms with E-state index in [0.717, 1.165) is 45.5 Å². The molecular formula is C18H18BrN3O2S. The summed E-state index contributed by atoms with van der Waals surface area (Å²) in [6.45, 7) is 0. The summed E-state index contributed by atoms with van der Waals surface area (Å²) in [6.07, 6.45) is 4.07. The third kappa shape index (κ3) is 3.06. The quantitative estimate of drug-likeness (QED) is 0.622. The molecule has 0 spiro atoms. The van der Waals surface area contributed by atoms with Gasteiger partial charge in [-0.25, -0.2) is 9.97 Å². The van der Waals surface area contributed by atoms with Gasteiger partial charge in [0.05, 0.1) is 5.39 Å². The molecule has 25 heavy (non-hydrogen) atoms. The number of benzene rings is 1. The average molecular weight is 420 g/mol. The Bertz CT molecular complexity index is 924. The summed E-state index contributed by atoms with van der Waals surface area (Å²) in [5.41, 5.74) is 2.30. The first-order valence-electron chi connectivity index (χ1n) is 8.02. The highest BCUT2D eigenvalue weighted by Gasteiger charge is 2.37. The Kier molecular flexibility index (Phi) is 4.49. The molecule has 1 aliphatic carbocycles. The Morgan fingerprint density at radius 3 is 2.84 bits per heavy atom. The third-order valence-electron chi connectivity index (χ3n) is 4.69. The molecule has 3 aromatic rings. The van der Waals surface area contributed by atoms with Crippen LogP contribution in [0.1, 0.15) is 16.9 Å². The van der Waals surface area contributed by atoms with Crippen LogP contribution in [0.25, 0.3) is 10.2 Å². The molecule has 5 nitrogen and oxygen atoms in total. The molecule has 0 bridgehead atoms. The van der Waals surface area contributed by atoms with Crippen LogP contribution in [-0.4, -0.2) is 30.0 Å². The third-order valence-corrected chi connectivity index (χ3v) is 6.32. The molecule has 0 saturated carbocycles. The summed E-state index contributed by atoms with van der Waals surface area (Å²) in [5, 5.41) is 4.55. The lowest BCUT2D eigenvalue weighted by Gasteiger charge is -2.34. The highest BCUT2D eigenvalue weighted by molar-refractivity contribution is 9.10. The normalized spacial score (nSPS) is 16.0. The fourth-order valence-electron chi connectivity index (χ4n) is 3.32. The van der Waals surface area contributed by atoms with Crippen LogP contribution in [0.15, 0.2) is 35.1 Å². The van der Waals surface area contributed by atoms with Crippen LogP contribution in [0.4, 0.5) is 11.5 Å². The molecule has 1 aromatic carbocycles. The molecule has 1 aliphatic rings. The molecule has 0 unspecified atom stereocenters. The first-order chi connectivity index (χ1) is 12.1. The fraction of sp³-hybridized carbons (Fsp3) is 0.333. The molecule has 0 fully saturated rings. The van der Waals surface area contributed by atoms with E-state index in [-0.39, 0.29) is 0 Å². The number of nitrogens with zero attached hydrogens (tertiary/aromatic N) is 2. The molecule has 2 heterocycles. The maximum absolute atomic E-state index is 5.65. The number of aromatic nitrogens is 2. The standard InChI is InChI=1S/C18H18BrN3O2S/c1-23-18(24-2)7-6-13-14(9-18)25-17-15(13)16(20-10-21-17)22-12-5-3-4-11(19)8-12/h3-5,8,10H,6-7,9H2,1-2H3,(H,20,21,22). The molecule has 0 atom stereocenters. The zero-order valence-electron chi connectivity index (χ0n) is 14.0. The number of nitrogens with one attached hydrogen (secondary N) is 1. The topological polar surface area (TPSA) is 56.3 Å². The molecule has 7 heteroatoms. The molecule has 0 saturated heterocycles. The van der Waals surface area contributed by atoms with E-state index in [2.05, 4.69) is 31.2 Å². The molecule has 4 rings (SSSR count). The van der Waals surface area contributed by atoms with Gasteiger partial charge in [0, 0.05) is 42.1 Å². The number of hydrogen-bond donors (Lipinski definition) is 1. The molecule has 0 amide bonds. The Morgan fingerprint density at radius 1 is 1.24 bits per heavy atom. The van der Waals surface area contributed by atoms with Crippen molar-refractivity contribution in [2.45, 2.75) is 25.0 Å². The zero-order chi connectivity index (χ0) is 17.4. The number of thiophene rings is 1. The number of anilines is 2. The smallest absolute Gasteiger partial charge is 0.172 e. The lowest BCUT2D eigenvalue weighted by atomic mass is 9.91. The van der Waals surface area contributed by atoms with E-state index in [4.69, 9.17) is 9.47 Å². The van der Waals surface area contributed by atoms with Gasteiger partial charge in [-0.1, -0.05) is 22.0 Å². The van der Waals surface area contributed by atoms with Gasteiger partial charge in [0.15, 0.2) is 5.79 Å². The predicted octanol–water partition coefficient (Wildman–Crippen LogP) is 4.68. The number of hydrogen-bond acceptors (Lipinski definition) is 6. The van der Waals surface area contributed by atoms with Crippen molar-refractivity contribution in [3.05, 3.63) is 45.5 Å². The maximum Gasteiger partial charge on any atom is 0.172 e. The van der Waals surface area contributed by atoms with Gasteiger partial charge in [0.1, 0.15) is 17.0 Å². The molecule has 2 aromatic heterocycles. The van der Waals surface area contributed by atoms with Crippen LogP contribution in [0, 0.1) is 0 Å². The van der Waals surface area contributed by atoms with Gasteiger partial charge in [-0.05, 0) is 30.2 Å². The summed E-state index contributed by atoms with van der Waals surface area (Å²) in [6, 6.07) is 8.06. The van der Waals surface area contributed by atoms with Gasteiger partial charge in [0.2, 0.25) is 0 Å². The number of halogens is 1. The summed E-state index contributed by atoms with van der Waals surface area (Å²) in [5.74, 6) is 0.321. The summed E-state index contributed by atoms with van der Waals surface area (Å²) >= 11 is 5.21. The number of rotatable bonds is 4. The molecule has 0 radical (unpaired) electrons. The molecule has 1 N–H and O–H groups in total. The minimum Gasteiger partial charge on any atom is -0.353 e. The van der Waals surface area contributed by atoms with Crippen LogP contribution < -0.4 is 5.32 Å². The van der Waals surface area contributed by atoms with Gasteiger partial charge in [0.25, 0.3) is 0 Å². The van der Waals surface area contributed by atoms with Crippen molar-refractivity contribution in [3.8, 4) is 0 Å². The van der Waals surface area contributed by atoms with E-state index in [0.29, 0.717) is 0 Å². The van der Waals surface area contributed by atoms with Gasteiger partial charge in [-0.3, -0.25) is 0 Å².